The maximum Gasteiger partial charge on any atom is 0.302 e. The van der Waals surface area contributed by atoms with E-state index >= 15 is 0 Å². The summed E-state index contributed by atoms with van der Waals surface area (Å²) in [5.41, 5.74) is 1.40. The Morgan fingerprint density at radius 2 is 1.54 bits per heavy atom. The monoisotopic (exact) mass is 542 g/mol. The van der Waals surface area contributed by atoms with Crippen molar-refractivity contribution < 1.29 is 24.2 Å². The summed E-state index contributed by atoms with van der Waals surface area (Å²) >= 11 is 0. The van der Waals surface area contributed by atoms with Crippen molar-refractivity contribution in [2.45, 2.75) is 125 Å². The maximum atomic E-state index is 12.1. The lowest BCUT2D eigenvalue weighted by atomic mass is 9.32. The van der Waals surface area contributed by atoms with Crippen LogP contribution in [0.4, 0.5) is 0 Å². The van der Waals surface area contributed by atoms with Gasteiger partial charge in [0.1, 0.15) is 6.10 Å². The first-order chi connectivity index (χ1) is 18.0. The molecule has 2 unspecified atom stereocenters. The summed E-state index contributed by atoms with van der Waals surface area (Å²) < 4.78 is 11.6. The largest absolute Gasteiger partial charge is 0.465 e. The zero-order chi connectivity index (χ0) is 28.8. The van der Waals surface area contributed by atoms with Crippen LogP contribution in [0.15, 0.2) is 12.2 Å². The zero-order valence-electron chi connectivity index (χ0n) is 25.9. The first-order valence-corrected chi connectivity index (χ1v) is 15.7. The number of rotatable bonds is 4. The van der Waals surface area contributed by atoms with Crippen molar-refractivity contribution in [1.29, 1.82) is 0 Å². The fraction of sp³-hybridized carbons (Fsp3) is 0.882. The van der Waals surface area contributed by atoms with Crippen LogP contribution in [0.5, 0.6) is 0 Å². The van der Waals surface area contributed by atoms with Gasteiger partial charge in [-0.2, -0.15) is 0 Å². The molecule has 5 fully saturated rings. The topological polar surface area (TPSA) is 72.8 Å². The van der Waals surface area contributed by atoms with Crippen molar-refractivity contribution in [3.63, 3.8) is 0 Å². The number of aliphatic hydroxyl groups is 1. The average Bonchev–Trinajstić information content (AvgIpc) is 3.21. The van der Waals surface area contributed by atoms with E-state index < -0.39 is 12.2 Å². The lowest BCUT2D eigenvalue weighted by Gasteiger charge is -2.73. The summed E-state index contributed by atoms with van der Waals surface area (Å²) in [6.07, 6.45) is 8.89. The zero-order valence-corrected chi connectivity index (χ0v) is 25.9. The van der Waals surface area contributed by atoms with Gasteiger partial charge in [0, 0.05) is 19.3 Å². The molecular weight excluding hydrogens is 488 g/mol. The lowest BCUT2D eigenvalue weighted by molar-refractivity contribution is -0.267. The summed E-state index contributed by atoms with van der Waals surface area (Å²) in [5, 5.41) is 11.4. The lowest BCUT2D eigenvalue weighted by Crippen LogP contribution is -2.68. The SMILES string of the molecule is C=C(C)[C@@H]1CC[C@]2(COC(C)=O)CC[C@]3(C)[C@H](CC[C@@H]4[C@@]5(C)CC(OC(C)=O)C(O)C(C)(C)[C@@H]5CC[C@]43C)[C@@H]12. The van der Waals surface area contributed by atoms with E-state index in [9.17, 15) is 14.7 Å². The van der Waals surface area contributed by atoms with Crippen molar-refractivity contribution in [2.75, 3.05) is 6.61 Å². The number of fused-ring (bicyclic) bond motifs is 7. The molecule has 0 aromatic heterocycles. The second kappa shape index (κ2) is 9.33. The fourth-order valence-corrected chi connectivity index (χ4v) is 12.2. The molecule has 0 amide bonds. The summed E-state index contributed by atoms with van der Waals surface area (Å²) in [6.45, 7) is 22.3. The smallest absolute Gasteiger partial charge is 0.302 e. The van der Waals surface area contributed by atoms with Crippen LogP contribution in [0.1, 0.15) is 113 Å². The van der Waals surface area contributed by atoms with E-state index in [-0.39, 0.29) is 39.0 Å². The van der Waals surface area contributed by atoms with Crippen LogP contribution in [0.3, 0.4) is 0 Å². The Morgan fingerprint density at radius 3 is 2.15 bits per heavy atom. The molecule has 0 radical (unpaired) electrons. The third-order valence-electron chi connectivity index (χ3n) is 14.0. The van der Waals surface area contributed by atoms with Gasteiger partial charge in [-0.05, 0) is 116 Å². The Hall–Kier alpha value is -1.36. The van der Waals surface area contributed by atoms with Crippen LogP contribution in [-0.2, 0) is 19.1 Å². The van der Waals surface area contributed by atoms with Gasteiger partial charge in [-0.3, -0.25) is 9.59 Å². The van der Waals surface area contributed by atoms with Gasteiger partial charge in [-0.15, -0.1) is 0 Å². The van der Waals surface area contributed by atoms with Gasteiger partial charge in [-0.25, -0.2) is 0 Å². The van der Waals surface area contributed by atoms with Crippen LogP contribution in [-0.4, -0.2) is 35.9 Å². The number of carbonyl (C=O) groups excluding carboxylic acids is 2. The van der Waals surface area contributed by atoms with Gasteiger partial charge in [0.15, 0.2) is 0 Å². The molecule has 0 heterocycles. The highest BCUT2D eigenvalue weighted by atomic mass is 16.6. The predicted molar refractivity (Wildman–Crippen MR) is 153 cm³/mol. The molecule has 39 heavy (non-hydrogen) atoms. The number of carbonyl (C=O) groups is 2. The number of hydrogen-bond donors (Lipinski definition) is 1. The van der Waals surface area contributed by atoms with Gasteiger partial charge >= 0.3 is 11.9 Å². The molecule has 220 valence electrons. The van der Waals surface area contributed by atoms with Crippen molar-refractivity contribution in [1.82, 2.24) is 0 Å². The van der Waals surface area contributed by atoms with E-state index in [2.05, 4.69) is 48.1 Å². The van der Waals surface area contributed by atoms with Crippen molar-refractivity contribution in [2.24, 2.45) is 56.7 Å². The minimum atomic E-state index is -0.637. The summed E-state index contributed by atoms with van der Waals surface area (Å²) in [6, 6.07) is 0. The second-order valence-electron chi connectivity index (χ2n) is 15.9. The molecule has 5 rings (SSSR count). The number of aliphatic hydroxyl groups excluding tert-OH is 1. The van der Waals surface area contributed by atoms with Crippen LogP contribution < -0.4 is 0 Å². The Kier molecular flexibility index (Phi) is 6.97. The molecule has 0 aliphatic heterocycles. The van der Waals surface area contributed by atoms with Gasteiger partial charge in [0.2, 0.25) is 0 Å². The number of esters is 2. The Bertz CT molecular complexity index is 1030. The molecule has 11 atom stereocenters. The maximum absolute atomic E-state index is 12.1. The number of hydrogen-bond acceptors (Lipinski definition) is 5. The van der Waals surface area contributed by atoms with Crippen LogP contribution in [0, 0.1) is 56.7 Å². The van der Waals surface area contributed by atoms with Crippen LogP contribution >= 0.6 is 0 Å². The highest BCUT2D eigenvalue weighted by molar-refractivity contribution is 5.66. The minimum absolute atomic E-state index is 0.000462. The van der Waals surface area contributed by atoms with Crippen LogP contribution in [0.25, 0.3) is 0 Å². The van der Waals surface area contributed by atoms with Crippen molar-refractivity contribution >= 4 is 11.9 Å². The molecule has 1 N–H and O–H groups in total. The molecule has 5 saturated carbocycles. The highest BCUT2D eigenvalue weighted by Crippen LogP contribution is 2.77. The third-order valence-corrected chi connectivity index (χ3v) is 14.0. The molecule has 0 aromatic rings. The van der Waals surface area contributed by atoms with Crippen LogP contribution in [0.2, 0.25) is 0 Å². The summed E-state index contributed by atoms with van der Waals surface area (Å²) in [4.78, 5) is 24.0. The number of ether oxygens (including phenoxy) is 2. The van der Waals surface area contributed by atoms with Gasteiger partial charge in [0.25, 0.3) is 0 Å². The molecule has 0 aromatic carbocycles. The summed E-state index contributed by atoms with van der Waals surface area (Å²) in [7, 11) is 0. The van der Waals surface area contributed by atoms with E-state index in [4.69, 9.17) is 9.47 Å². The van der Waals surface area contributed by atoms with Gasteiger partial charge < -0.3 is 14.6 Å². The first-order valence-electron chi connectivity index (χ1n) is 15.7. The second-order valence-corrected chi connectivity index (χ2v) is 15.9. The normalized spacial score (nSPS) is 50.0. The van der Waals surface area contributed by atoms with E-state index in [1.54, 1.807) is 6.92 Å². The standard InChI is InChI=1S/C34H54O5/c1-20(2)23-12-15-34(19-38-21(3)35)17-16-32(8)24(28(23)34)10-11-27-31(7)18-25(39-22(4)36)29(37)30(5,6)26(31)13-14-33(27,32)9/h23-29,37H,1,10-19H2,2-9H3/t23-,24+,25?,26-,27+,28+,29?,31-,32+,33+,34+/m0/s1. The summed E-state index contributed by atoms with van der Waals surface area (Å²) in [5.74, 6) is 2.03. The van der Waals surface area contributed by atoms with Gasteiger partial charge in [-0.1, -0.05) is 46.8 Å². The minimum Gasteiger partial charge on any atom is -0.465 e. The molecule has 0 saturated heterocycles. The molecule has 0 spiro atoms. The van der Waals surface area contributed by atoms with E-state index in [0.717, 1.165) is 32.1 Å². The molecule has 0 bridgehead atoms. The third kappa shape index (κ3) is 4.02. The predicted octanol–water partition coefficient (Wildman–Crippen LogP) is 7.11. The van der Waals surface area contributed by atoms with E-state index in [1.807, 2.05) is 0 Å². The first kappa shape index (κ1) is 29.1. The quantitative estimate of drug-likeness (QED) is 0.303. The highest BCUT2D eigenvalue weighted by Gasteiger charge is 2.71. The molecule has 5 aliphatic carbocycles. The van der Waals surface area contributed by atoms with Crippen molar-refractivity contribution in [3.05, 3.63) is 12.2 Å². The molecule has 5 aliphatic rings. The fourth-order valence-electron chi connectivity index (χ4n) is 12.2. The number of allylic oxidation sites excluding steroid dienone is 1. The molecular formula is C34H54O5. The Balaban J connectivity index is 1.53. The Labute approximate surface area is 236 Å². The van der Waals surface area contributed by atoms with Gasteiger partial charge in [0.05, 0.1) is 12.7 Å². The molecule has 5 heteroatoms. The molecule has 5 nitrogen and oxygen atoms in total. The van der Waals surface area contributed by atoms with Crippen molar-refractivity contribution in [3.8, 4) is 0 Å². The van der Waals surface area contributed by atoms with E-state index in [0.29, 0.717) is 36.2 Å². The Morgan fingerprint density at radius 1 is 0.846 bits per heavy atom. The average molecular weight is 543 g/mol. The van der Waals surface area contributed by atoms with E-state index in [1.165, 1.54) is 38.2 Å².